The standard InChI is InChI=1S/C47H30N2OS.C43H27N3O/c1-47(2)37-21-10-8-16-31(37)32-24-23-28(25-38(32)47)29-19-12-20-35-41-33-17-7-6-15-30(33)36(26-39(41)50-44(29)35)46-48-42(27-13-4-3-5-14-27)45-43(49-46)34-18-9-11-22-40(34)51-45;1-4-13-28(14-5-1)29-23-25-30(26-24-29)33-21-12-22-36-39-35-20-11-10-19-34(35)37(27-38(39)47-40(33)36)43-45-41(31-15-6-2-7-16-31)44-42(46-43)32-17-8-3-9-18-32/h3-26H,1-2H3;1-27H. The molecule has 19 aromatic rings. The topological polar surface area (TPSA) is 90.7 Å². The molecule has 0 saturated carbocycles. The van der Waals surface area contributed by atoms with Crippen LogP contribution in [-0.2, 0) is 5.41 Å². The number of fused-ring (bicyclic) bond motifs is 16. The minimum atomic E-state index is -0.0811. The van der Waals surface area contributed by atoms with Gasteiger partial charge in [0, 0.05) is 76.0 Å². The number of hydrogen-bond acceptors (Lipinski definition) is 8. The summed E-state index contributed by atoms with van der Waals surface area (Å²) < 4.78 is 16.0. The van der Waals surface area contributed by atoms with Crippen LogP contribution >= 0.6 is 11.3 Å². The fourth-order valence-electron chi connectivity index (χ4n) is 14.9. The van der Waals surface area contributed by atoms with Gasteiger partial charge in [0.15, 0.2) is 23.3 Å². The van der Waals surface area contributed by atoms with E-state index in [0.717, 1.165) is 137 Å². The lowest BCUT2D eigenvalue weighted by Gasteiger charge is -2.22. The predicted octanol–water partition coefficient (Wildman–Crippen LogP) is 24.5. The highest BCUT2D eigenvalue weighted by Gasteiger charge is 2.36. The first-order valence-corrected chi connectivity index (χ1v) is 33.9. The van der Waals surface area contributed by atoms with E-state index < -0.39 is 0 Å². The molecule has 0 unspecified atom stereocenters. The van der Waals surface area contributed by atoms with Crippen LogP contribution in [0.4, 0.5) is 0 Å². The first-order valence-electron chi connectivity index (χ1n) is 33.1. The summed E-state index contributed by atoms with van der Waals surface area (Å²) in [5, 5.41) is 9.93. The third kappa shape index (κ3) is 9.36. The predicted molar refractivity (Wildman–Crippen MR) is 405 cm³/mol. The van der Waals surface area contributed by atoms with Crippen LogP contribution in [0.25, 0.3) is 187 Å². The van der Waals surface area contributed by atoms with Crippen molar-refractivity contribution in [2.24, 2.45) is 0 Å². The van der Waals surface area contributed by atoms with Crippen molar-refractivity contribution in [3.05, 3.63) is 321 Å². The molecule has 7 nitrogen and oxygen atoms in total. The van der Waals surface area contributed by atoms with E-state index in [4.69, 9.17) is 33.8 Å². The van der Waals surface area contributed by atoms with Gasteiger partial charge in [-0.2, -0.15) is 0 Å². The zero-order valence-electron chi connectivity index (χ0n) is 53.4. The number of aromatic nitrogens is 5. The Morgan fingerprint density at radius 2 is 0.694 bits per heavy atom. The Kier molecular flexibility index (Phi) is 13.3. The summed E-state index contributed by atoms with van der Waals surface area (Å²) in [6.07, 6.45) is 0. The molecule has 14 aromatic carbocycles. The lowest BCUT2D eigenvalue weighted by atomic mass is 9.81. The maximum absolute atomic E-state index is 6.95. The average Bonchev–Trinajstić information content (AvgIpc) is 1.54. The normalized spacial score (nSPS) is 12.5. The monoisotopic (exact) mass is 1270 g/mol. The molecule has 460 valence electrons. The minimum Gasteiger partial charge on any atom is -0.455 e. The van der Waals surface area contributed by atoms with Crippen molar-refractivity contribution in [3.63, 3.8) is 0 Å². The average molecular weight is 1270 g/mol. The molecule has 1 aliphatic carbocycles. The zero-order chi connectivity index (χ0) is 65.0. The molecule has 0 radical (unpaired) electrons. The second-order valence-corrected chi connectivity index (χ2v) is 26.8. The summed E-state index contributed by atoms with van der Waals surface area (Å²) in [4.78, 5) is 25.6. The van der Waals surface area contributed by atoms with Crippen LogP contribution in [-0.4, -0.2) is 24.9 Å². The Balaban J connectivity index is 0.000000138. The van der Waals surface area contributed by atoms with Crippen molar-refractivity contribution in [1.29, 1.82) is 0 Å². The van der Waals surface area contributed by atoms with Crippen molar-refractivity contribution in [2.75, 3.05) is 0 Å². The number of benzene rings is 14. The SMILES string of the molecule is CC1(C)c2ccccc2-c2ccc(-c3cccc4c3oc3cc(-c5nc(-c6ccccc6)c6sc7ccccc7c6n5)c5ccccc5c34)cc21.c1ccc(-c2ccc(-c3cccc4c3oc3cc(-c5nc(-c6ccccc6)nc(-c6ccccc6)n5)c5ccccc5c34)cc2)cc1. The van der Waals surface area contributed by atoms with E-state index >= 15 is 0 Å². The summed E-state index contributed by atoms with van der Waals surface area (Å²) in [5.74, 6) is 2.56. The van der Waals surface area contributed by atoms with E-state index in [-0.39, 0.29) is 5.41 Å². The maximum Gasteiger partial charge on any atom is 0.164 e. The molecule has 0 saturated heterocycles. The van der Waals surface area contributed by atoms with Gasteiger partial charge in [-0.05, 0) is 90.3 Å². The molecular formula is C90H57N5O2S. The summed E-state index contributed by atoms with van der Waals surface area (Å²) in [6, 6.07) is 108. The number of nitrogens with zero attached hydrogens (tertiary/aromatic N) is 5. The Hall–Kier alpha value is -12.5. The van der Waals surface area contributed by atoms with Gasteiger partial charge in [-0.15, -0.1) is 11.3 Å². The largest absolute Gasteiger partial charge is 0.455 e. The molecule has 0 atom stereocenters. The van der Waals surface area contributed by atoms with E-state index in [1.165, 1.54) is 38.1 Å². The van der Waals surface area contributed by atoms with Gasteiger partial charge in [-0.3, -0.25) is 0 Å². The number of hydrogen-bond donors (Lipinski definition) is 0. The smallest absolute Gasteiger partial charge is 0.164 e. The van der Waals surface area contributed by atoms with Gasteiger partial charge in [0.05, 0.1) is 15.9 Å². The van der Waals surface area contributed by atoms with Crippen LogP contribution in [0.3, 0.4) is 0 Å². The second kappa shape index (κ2) is 22.9. The molecule has 20 rings (SSSR count). The molecule has 0 spiro atoms. The van der Waals surface area contributed by atoms with Gasteiger partial charge >= 0.3 is 0 Å². The van der Waals surface area contributed by atoms with E-state index in [1.54, 1.807) is 11.3 Å². The van der Waals surface area contributed by atoms with Crippen LogP contribution in [0.1, 0.15) is 25.0 Å². The van der Waals surface area contributed by atoms with Gasteiger partial charge in [-0.25, -0.2) is 24.9 Å². The number of para-hydroxylation sites is 2. The number of thiophene rings is 1. The van der Waals surface area contributed by atoms with E-state index in [0.29, 0.717) is 23.3 Å². The van der Waals surface area contributed by atoms with E-state index in [9.17, 15) is 0 Å². The lowest BCUT2D eigenvalue weighted by Crippen LogP contribution is -2.14. The highest BCUT2D eigenvalue weighted by Crippen LogP contribution is 2.51. The third-order valence-electron chi connectivity index (χ3n) is 19.7. The fourth-order valence-corrected chi connectivity index (χ4v) is 16.1. The van der Waals surface area contributed by atoms with Gasteiger partial charge < -0.3 is 8.83 Å². The van der Waals surface area contributed by atoms with E-state index in [2.05, 4.69) is 250 Å². The van der Waals surface area contributed by atoms with Crippen LogP contribution in [0.2, 0.25) is 0 Å². The van der Waals surface area contributed by atoms with Crippen molar-refractivity contribution >= 4 is 97.1 Å². The minimum absolute atomic E-state index is 0.0811. The van der Waals surface area contributed by atoms with Crippen LogP contribution in [0.15, 0.2) is 318 Å². The summed E-state index contributed by atoms with van der Waals surface area (Å²) in [5.41, 5.74) is 22.2. The lowest BCUT2D eigenvalue weighted by molar-refractivity contribution is 0.660. The van der Waals surface area contributed by atoms with Crippen LogP contribution in [0.5, 0.6) is 0 Å². The highest BCUT2D eigenvalue weighted by molar-refractivity contribution is 7.26. The van der Waals surface area contributed by atoms with Crippen LogP contribution in [0, 0.1) is 0 Å². The second-order valence-electron chi connectivity index (χ2n) is 25.7. The molecule has 0 amide bonds. The molecular weight excluding hydrogens is 1220 g/mol. The zero-order valence-corrected chi connectivity index (χ0v) is 54.2. The molecule has 0 aliphatic heterocycles. The van der Waals surface area contributed by atoms with Gasteiger partial charge in [-0.1, -0.05) is 299 Å². The Labute approximate surface area is 568 Å². The van der Waals surface area contributed by atoms with Crippen LogP contribution < -0.4 is 0 Å². The molecule has 1 aliphatic rings. The van der Waals surface area contributed by atoms with Crippen molar-refractivity contribution in [2.45, 2.75) is 19.3 Å². The molecule has 5 heterocycles. The molecule has 98 heavy (non-hydrogen) atoms. The number of furan rings is 2. The quantitative estimate of drug-likeness (QED) is 0.150. The van der Waals surface area contributed by atoms with Gasteiger partial charge in [0.25, 0.3) is 0 Å². The van der Waals surface area contributed by atoms with Crippen molar-refractivity contribution < 1.29 is 8.83 Å². The Morgan fingerprint density at radius 3 is 1.29 bits per heavy atom. The molecule has 0 N–H and O–H groups in total. The van der Waals surface area contributed by atoms with Gasteiger partial charge in [0.1, 0.15) is 22.3 Å². The summed E-state index contributed by atoms with van der Waals surface area (Å²) >= 11 is 1.76. The van der Waals surface area contributed by atoms with Crippen molar-refractivity contribution in [1.82, 2.24) is 24.9 Å². The fraction of sp³-hybridized carbons (Fsp3) is 0.0333. The molecule has 8 heteroatoms. The summed E-state index contributed by atoms with van der Waals surface area (Å²) in [6.45, 7) is 4.66. The maximum atomic E-state index is 6.95. The van der Waals surface area contributed by atoms with E-state index in [1.807, 2.05) is 72.8 Å². The first-order chi connectivity index (χ1) is 48.3. The Bertz CT molecular complexity index is 6320. The highest BCUT2D eigenvalue weighted by atomic mass is 32.1. The van der Waals surface area contributed by atoms with Crippen molar-refractivity contribution in [3.8, 4) is 101 Å². The molecule has 0 fully saturated rings. The molecule has 5 aromatic heterocycles. The number of rotatable bonds is 8. The third-order valence-corrected chi connectivity index (χ3v) is 20.8. The Morgan fingerprint density at radius 1 is 0.276 bits per heavy atom. The first kappa shape index (κ1) is 57.0. The molecule has 0 bridgehead atoms. The summed E-state index contributed by atoms with van der Waals surface area (Å²) in [7, 11) is 0. The van der Waals surface area contributed by atoms with Gasteiger partial charge in [0.2, 0.25) is 0 Å².